The molecule has 17 heavy (non-hydrogen) atoms. The first-order valence-electron chi connectivity index (χ1n) is 5.20. The zero-order chi connectivity index (χ0) is 11.8. The van der Waals surface area contributed by atoms with E-state index in [1.807, 2.05) is 11.4 Å². The summed E-state index contributed by atoms with van der Waals surface area (Å²) in [5.41, 5.74) is 2.21. The van der Waals surface area contributed by atoms with Gasteiger partial charge in [-0.3, -0.25) is 10.1 Å². The average molecular weight is 247 g/mol. The Hall–Kier alpha value is -1.95. The highest BCUT2D eigenvalue weighted by Gasteiger charge is 2.23. The SMILES string of the molecule is O=[N+]([O-])c1ccc2c(c1)CCN2c1nccs1. The van der Waals surface area contributed by atoms with Crippen LogP contribution < -0.4 is 4.90 Å². The number of non-ortho nitro benzene ring substituents is 1. The van der Waals surface area contributed by atoms with Crippen molar-refractivity contribution in [2.75, 3.05) is 11.4 Å². The van der Waals surface area contributed by atoms with Crippen LogP contribution in [0.4, 0.5) is 16.5 Å². The molecule has 1 aromatic heterocycles. The first-order chi connectivity index (χ1) is 8.25. The van der Waals surface area contributed by atoms with Crippen LogP contribution in [0.3, 0.4) is 0 Å². The van der Waals surface area contributed by atoms with Gasteiger partial charge in [-0.1, -0.05) is 0 Å². The summed E-state index contributed by atoms with van der Waals surface area (Å²) in [7, 11) is 0. The van der Waals surface area contributed by atoms with Crippen molar-refractivity contribution in [1.82, 2.24) is 4.98 Å². The fourth-order valence-electron chi connectivity index (χ4n) is 2.05. The molecule has 0 bridgehead atoms. The summed E-state index contributed by atoms with van der Waals surface area (Å²) in [6.45, 7) is 0.837. The largest absolute Gasteiger partial charge is 0.317 e. The van der Waals surface area contributed by atoms with Gasteiger partial charge in [0.2, 0.25) is 0 Å². The number of nitrogens with zero attached hydrogens (tertiary/aromatic N) is 3. The number of nitro groups is 1. The topological polar surface area (TPSA) is 59.3 Å². The molecule has 86 valence electrons. The van der Waals surface area contributed by atoms with Crippen molar-refractivity contribution in [1.29, 1.82) is 0 Å². The van der Waals surface area contributed by atoms with Crippen LogP contribution >= 0.6 is 11.3 Å². The molecule has 0 saturated carbocycles. The van der Waals surface area contributed by atoms with E-state index in [4.69, 9.17) is 0 Å². The molecule has 0 aliphatic carbocycles. The Kier molecular flexibility index (Phi) is 2.29. The second kappa shape index (κ2) is 3.81. The summed E-state index contributed by atoms with van der Waals surface area (Å²) < 4.78 is 0. The Morgan fingerprint density at radius 1 is 1.47 bits per heavy atom. The smallest absolute Gasteiger partial charge is 0.269 e. The number of rotatable bonds is 2. The molecule has 6 heteroatoms. The predicted molar refractivity (Wildman–Crippen MR) is 65.9 cm³/mol. The number of aromatic nitrogens is 1. The number of hydrogen-bond acceptors (Lipinski definition) is 5. The second-order valence-corrected chi connectivity index (χ2v) is 4.66. The van der Waals surface area contributed by atoms with Crippen molar-refractivity contribution >= 4 is 27.8 Å². The molecule has 0 radical (unpaired) electrons. The lowest BCUT2D eigenvalue weighted by molar-refractivity contribution is -0.384. The van der Waals surface area contributed by atoms with E-state index in [2.05, 4.69) is 9.88 Å². The molecule has 0 fully saturated rings. The molecular weight excluding hydrogens is 238 g/mol. The number of fused-ring (bicyclic) bond motifs is 1. The van der Waals surface area contributed by atoms with E-state index in [0.29, 0.717) is 0 Å². The van der Waals surface area contributed by atoms with Gasteiger partial charge < -0.3 is 4.90 Å². The Labute approximate surface area is 101 Å². The first kappa shape index (κ1) is 10.2. The van der Waals surface area contributed by atoms with E-state index < -0.39 is 0 Å². The Balaban J connectivity index is 2.01. The highest BCUT2D eigenvalue weighted by molar-refractivity contribution is 7.13. The Morgan fingerprint density at radius 2 is 2.35 bits per heavy atom. The van der Waals surface area contributed by atoms with Gasteiger partial charge in [0.25, 0.3) is 5.69 Å². The van der Waals surface area contributed by atoms with Crippen LogP contribution in [0.5, 0.6) is 0 Å². The Morgan fingerprint density at radius 3 is 3.06 bits per heavy atom. The molecule has 1 aliphatic heterocycles. The number of benzene rings is 1. The fraction of sp³-hybridized carbons (Fsp3) is 0.182. The monoisotopic (exact) mass is 247 g/mol. The van der Waals surface area contributed by atoms with Gasteiger partial charge in [0.15, 0.2) is 5.13 Å². The molecule has 1 aliphatic rings. The van der Waals surface area contributed by atoms with Gasteiger partial charge in [-0.15, -0.1) is 11.3 Å². The average Bonchev–Trinajstić information content (AvgIpc) is 2.96. The zero-order valence-corrected chi connectivity index (χ0v) is 9.68. The van der Waals surface area contributed by atoms with Crippen LogP contribution in [0.25, 0.3) is 0 Å². The van der Waals surface area contributed by atoms with Gasteiger partial charge in [0.1, 0.15) is 0 Å². The van der Waals surface area contributed by atoms with Crippen molar-refractivity contribution in [2.45, 2.75) is 6.42 Å². The van der Waals surface area contributed by atoms with Crippen LogP contribution in [0.1, 0.15) is 5.56 Å². The third-order valence-corrected chi connectivity index (χ3v) is 3.61. The summed E-state index contributed by atoms with van der Waals surface area (Å²) in [6, 6.07) is 5.01. The molecule has 0 spiro atoms. The third-order valence-electron chi connectivity index (χ3n) is 2.82. The summed E-state index contributed by atoms with van der Waals surface area (Å²) in [5.74, 6) is 0. The lowest BCUT2D eigenvalue weighted by Crippen LogP contribution is -2.12. The highest BCUT2D eigenvalue weighted by atomic mass is 32.1. The van der Waals surface area contributed by atoms with E-state index in [0.717, 1.165) is 29.3 Å². The van der Waals surface area contributed by atoms with Gasteiger partial charge in [-0.25, -0.2) is 4.98 Å². The van der Waals surface area contributed by atoms with Crippen molar-refractivity contribution in [3.63, 3.8) is 0 Å². The third kappa shape index (κ3) is 1.66. The number of anilines is 2. The zero-order valence-electron chi connectivity index (χ0n) is 8.87. The van der Waals surface area contributed by atoms with E-state index >= 15 is 0 Å². The highest BCUT2D eigenvalue weighted by Crippen LogP contribution is 2.36. The minimum atomic E-state index is -0.355. The molecule has 5 nitrogen and oxygen atoms in total. The summed E-state index contributed by atoms with van der Waals surface area (Å²) in [5, 5.41) is 13.6. The quantitative estimate of drug-likeness (QED) is 0.604. The molecule has 0 amide bonds. The summed E-state index contributed by atoms with van der Waals surface area (Å²) in [4.78, 5) is 16.7. The van der Waals surface area contributed by atoms with Gasteiger partial charge in [0, 0.05) is 35.9 Å². The van der Waals surface area contributed by atoms with Crippen molar-refractivity contribution in [3.05, 3.63) is 45.5 Å². The molecule has 3 rings (SSSR count). The summed E-state index contributed by atoms with van der Waals surface area (Å²) in [6.07, 6.45) is 2.60. The minimum absolute atomic E-state index is 0.157. The second-order valence-electron chi connectivity index (χ2n) is 3.79. The maximum Gasteiger partial charge on any atom is 0.269 e. The van der Waals surface area contributed by atoms with Crippen LogP contribution in [0.2, 0.25) is 0 Å². The van der Waals surface area contributed by atoms with E-state index in [-0.39, 0.29) is 10.6 Å². The molecule has 0 N–H and O–H groups in total. The lowest BCUT2D eigenvalue weighted by Gasteiger charge is -2.15. The van der Waals surface area contributed by atoms with Crippen LogP contribution in [0.15, 0.2) is 29.8 Å². The maximum atomic E-state index is 10.7. The van der Waals surface area contributed by atoms with E-state index in [1.165, 1.54) is 0 Å². The van der Waals surface area contributed by atoms with Crippen LogP contribution in [0, 0.1) is 10.1 Å². The number of thiazole rings is 1. The molecule has 2 heterocycles. The minimum Gasteiger partial charge on any atom is -0.317 e. The van der Waals surface area contributed by atoms with Gasteiger partial charge >= 0.3 is 0 Å². The fourth-order valence-corrected chi connectivity index (χ4v) is 2.73. The summed E-state index contributed by atoms with van der Waals surface area (Å²) >= 11 is 1.58. The molecule has 2 aromatic rings. The van der Waals surface area contributed by atoms with E-state index in [1.54, 1.807) is 29.7 Å². The lowest BCUT2D eigenvalue weighted by atomic mass is 10.1. The number of nitro benzene ring substituents is 1. The molecule has 0 saturated heterocycles. The maximum absolute atomic E-state index is 10.7. The standard InChI is InChI=1S/C11H9N3O2S/c15-14(16)9-1-2-10-8(7-9)3-5-13(10)11-12-4-6-17-11/h1-2,4,6-7H,3,5H2. The van der Waals surface area contributed by atoms with Crippen LogP contribution in [-0.2, 0) is 6.42 Å². The number of hydrogen-bond donors (Lipinski definition) is 0. The van der Waals surface area contributed by atoms with Gasteiger partial charge in [0.05, 0.1) is 4.92 Å². The predicted octanol–water partition coefficient (Wildman–Crippen LogP) is 2.75. The molecule has 0 atom stereocenters. The van der Waals surface area contributed by atoms with Crippen LogP contribution in [-0.4, -0.2) is 16.5 Å². The molecular formula is C11H9N3O2S. The van der Waals surface area contributed by atoms with Crippen molar-refractivity contribution in [2.24, 2.45) is 0 Å². The van der Waals surface area contributed by atoms with Crippen molar-refractivity contribution in [3.8, 4) is 0 Å². The van der Waals surface area contributed by atoms with Gasteiger partial charge in [-0.2, -0.15) is 0 Å². The normalized spacial score (nSPS) is 13.8. The van der Waals surface area contributed by atoms with E-state index in [9.17, 15) is 10.1 Å². The first-order valence-corrected chi connectivity index (χ1v) is 6.08. The van der Waals surface area contributed by atoms with Gasteiger partial charge in [-0.05, 0) is 18.1 Å². The molecule has 1 aromatic carbocycles. The Bertz CT molecular complexity index is 568. The van der Waals surface area contributed by atoms with Crippen molar-refractivity contribution < 1.29 is 4.92 Å². The molecule has 0 unspecified atom stereocenters.